The molecule has 1 aliphatic rings. The maximum Gasteiger partial charge on any atom is 0.371 e. The van der Waals surface area contributed by atoms with Gasteiger partial charge in [-0.2, -0.15) is 0 Å². The molecule has 1 fully saturated rings. The number of hydrogen-bond donors (Lipinski definition) is 5. The van der Waals surface area contributed by atoms with Gasteiger partial charge in [0, 0.05) is 19.6 Å². The molecule has 1 saturated heterocycles. The molecule has 0 aromatic rings. The SMILES string of the molecule is CC(O)(P(=O)(O)O)P(=O)(O)OCC(O)CN1CCOCC1. The molecular weight excluding hydrogens is 328 g/mol. The van der Waals surface area contributed by atoms with Gasteiger partial charge in [0.2, 0.25) is 0 Å². The summed E-state index contributed by atoms with van der Waals surface area (Å²) >= 11 is 0. The minimum absolute atomic E-state index is 0.154. The van der Waals surface area contributed by atoms with E-state index in [0.717, 1.165) is 0 Å². The molecule has 0 amide bonds. The van der Waals surface area contributed by atoms with Crippen LogP contribution in [0.4, 0.5) is 0 Å². The van der Waals surface area contributed by atoms with Crippen LogP contribution in [0.5, 0.6) is 0 Å². The van der Waals surface area contributed by atoms with E-state index < -0.39 is 33.0 Å². The Morgan fingerprint density at radius 1 is 1.29 bits per heavy atom. The van der Waals surface area contributed by atoms with Crippen LogP contribution in [0.15, 0.2) is 0 Å². The number of aliphatic hydroxyl groups excluding tert-OH is 1. The summed E-state index contributed by atoms with van der Waals surface area (Å²) in [5.41, 5.74) is 0. The average Bonchev–Trinajstić information content (AvgIpc) is 2.36. The van der Waals surface area contributed by atoms with Gasteiger partial charge >= 0.3 is 15.2 Å². The van der Waals surface area contributed by atoms with Crippen LogP contribution < -0.4 is 0 Å². The number of β-amino-alcohol motifs (C(OH)–C–C–N with tert-alkyl or cyclic N) is 1. The molecular formula is C9H21NO9P2. The van der Waals surface area contributed by atoms with E-state index in [4.69, 9.17) is 14.5 Å². The lowest BCUT2D eigenvalue weighted by atomic mass is 10.3. The second kappa shape index (κ2) is 7.14. The van der Waals surface area contributed by atoms with Crippen molar-refractivity contribution in [1.29, 1.82) is 0 Å². The smallest absolute Gasteiger partial charge is 0.371 e. The van der Waals surface area contributed by atoms with Crippen molar-refractivity contribution in [3.05, 3.63) is 0 Å². The molecule has 0 saturated carbocycles. The third kappa shape index (κ3) is 5.07. The molecule has 12 heteroatoms. The van der Waals surface area contributed by atoms with Crippen LogP contribution in [0.2, 0.25) is 0 Å². The van der Waals surface area contributed by atoms with Gasteiger partial charge in [-0.05, 0) is 6.92 Å². The minimum Gasteiger partial charge on any atom is -0.389 e. The fourth-order valence-corrected chi connectivity index (χ4v) is 3.72. The quantitative estimate of drug-likeness (QED) is 0.351. The third-order valence-electron chi connectivity index (χ3n) is 3.10. The van der Waals surface area contributed by atoms with Crippen molar-refractivity contribution in [3.63, 3.8) is 0 Å². The van der Waals surface area contributed by atoms with Crippen molar-refractivity contribution in [1.82, 2.24) is 4.90 Å². The van der Waals surface area contributed by atoms with Crippen LogP contribution in [0.25, 0.3) is 0 Å². The van der Waals surface area contributed by atoms with E-state index in [1.807, 2.05) is 4.90 Å². The zero-order valence-electron chi connectivity index (χ0n) is 11.5. The highest BCUT2D eigenvalue weighted by molar-refractivity contribution is 7.72. The standard InChI is InChI=1S/C9H21NO9P2/c1-9(12,20(13,14)15)21(16,17)19-7-8(11)6-10-2-4-18-5-3-10/h8,11-12H,2-7H2,1H3,(H,16,17)(H2,13,14,15). The van der Waals surface area contributed by atoms with Crippen LogP contribution in [-0.4, -0.2) is 80.4 Å². The van der Waals surface area contributed by atoms with E-state index in [-0.39, 0.29) is 6.54 Å². The van der Waals surface area contributed by atoms with Gasteiger partial charge in [0.15, 0.2) is 0 Å². The van der Waals surface area contributed by atoms with Crippen molar-refractivity contribution in [2.75, 3.05) is 39.5 Å². The Hall–Kier alpha value is 0.140. The fraction of sp³-hybridized carbons (Fsp3) is 1.00. The van der Waals surface area contributed by atoms with E-state index in [0.29, 0.717) is 33.2 Å². The normalized spacial score (nSPS) is 25.0. The number of rotatable bonds is 7. The molecule has 0 radical (unpaired) electrons. The third-order valence-corrected chi connectivity index (χ3v) is 7.31. The topological polar surface area (TPSA) is 157 Å². The number of ether oxygens (including phenoxy) is 1. The maximum absolute atomic E-state index is 11.7. The molecule has 21 heavy (non-hydrogen) atoms. The molecule has 1 aliphatic heterocycles. The van der Waals surface area contributed by atoms with Gasteiger partial charge in [-0.15, -0.1) is 0 Å². The molecule has 10 nitrogen and oxygen atoms in total. The van der Waals surface area contributed by atoms with Crippen molar-refractivity contribution in [2.45, 2.75) is 18.1 Å². The van der Waals surface area contributed by atoms with Crippen molar-refractivity contribution in [3.8, 4) is 0 Å². The van der Waals surface area contributed by atoms with Crippen LogP contribution in [0.3, 0.4) is 0 Å². The number of aliphatic hydroxyl groups is 2. The Labute approximate surface area is 122 Å². The summed E-state index contributed by atoms with van der Waals surface area (Å²) in [5.74, 6) is 0. The van der Waals surface area contributed by atoms with E-state index in [9.17, 15) is 24.2 Å². The average molecular weight is 349 g/mol. The van der Waals surface area contributed by atoms with Gasteiger partial charge in [0.1, 0.15) is 0 Å². The summed E-state index contributed by atoms with van der Waals surface area (Å²) in [5, 5.41) is 16.0. The maximum atomic E-state index is 11.7. The summed E-state index contributed by atoms with van der Waals surface area (Å²) in [6.45, 7) is 2.24. The minimum atomic E-state index is -5.28. The summed E-state index contributed by atoms with van der Waals surface area (Å²) in [6, 6.07) is 0. The number of hydrogen-bond acceptors (Lipinski definition) is 7. The number of nitrogens with zero attached hydrogens (tertiary/aromatic N) is 1. The largest absolute Gasteiger partial charge is 0.389 e. The van der Waals surface area contributed by atoms with Gasteiger partial charge in [-0.1, -0.05) is 0 Å². The summed E-state index contributed by atoms with van der Waals surface area (Å²) < 4.78 is 32.3. The molecule has 1 rings (SSSR count). The van der Waals surface area contributed by atoms with Crippen LogP contribution in [0.1, 0.15) is 6.92 Å². The molecule has 5 N–H and O–H groups in total. The van der Waals surface area contributed by atoms with Gasteiger partial charge in [-0.3, -0.25) is 14.0 Å². The van der Waals surface area contributed by atoms with Crippen molar-refractivity contribution < 1.29 is 43.3 Å². The lowest BCUT2D eigenvalue weighted by Gasteiger charge is -2.31. The molecule has 0 aromatic heterocycles. The summed E-state index contributed by atoms with van der Waals surface area (Å²) in [4.78, 5) is 29.1. The second-order valence-corrected chi connectivity index (χ2v) is 9.38. The highest BCUT2D eigenvalue weighted by Gasteiger charge is 2.57. The van der Waals surface area contributed by atoms with Gasteiger partial charge < -0.3 is 34.2 Å². The molecule has 1 heterocycles. The van der Waals surface area contributed by atoms with Gasteiger partial charge in [-0.25, -0.2) is 0 Å². The van der Waals surface area contributed by atoms with Crippen LogP contribution in [0, 0.1) is 0 Å². The Morgan fingerprint density at radius 2 is 1.81 bits per heavy atom. The zero-order chi connectivity index (χ0) is 16.3. The Kier molecular flexibility index (Phi) is 6.53. The van der Waals surface area contributed by atoms with Crippen molar-refractivity contribution >= 4 is 15.2 Å². The molecule has 0 aliphatic carbocycles. The first-order chi connectivity index (χ1) is 9.47. The Morgan fingerprint density at radius 3 is 2.29 bits per heavy atom. The van der Waals surface area contributed by atoms with E-state index >= 15 is 0 Å². The van der Waals surface area contributed by atoms with Crippen LogP contribution in [-0.2, 0) is 18.4 Å². The Balaban J connectivity index is 2.52. The zero-order valence-corrected chi connectivity index (χ0v) is 13.3. The van der Waals surface area contributed by atoms with Gasteiger partial charge in [0.25, 0.3) is 5.08 Å². The van der Waals surface area contributed by atoms with Crippen LogP contribution >= 0.6 is 15.2 Å². The van der Waals surface area contributed by atoms with E-state index in [1.54, 1.807) is 0 Å². The molecule has 0 aromatic carbocycles. The predicted octanol–water partition coefficient (Wildman–Crippen LogP) is -1.27. The van der Waals surface area contributed by atoms with E-state index in [2.05, 4.69) is 4.52 Å². The highest BCUT2D eigenvalue weighted by Crippen LogP contribution is 2.69. The molecule has 3 unspecified atom stereocenters. The summed E-state index contributed by atoms with van der Waals surface area (Å²) in [6.07, 6.45) is -1.14. The Bertz CT molecular complexity index is 431. The first-order valence-corrected chi connectivity index (χ1v) is 9.40. The second-order valence-electron chi connectivity index (χ2n) is 4.90. The van der Waals surface area contributed by atoms with Gasteiger partial charge in [0.05, 0.1) is 25.9 Å². The lowest BCUT2D eigenvalue weighted by Crippen LogP contribution is -2.42. The monoisotopic (exact) mass is 349 g/mol. The highest BCUT2D eigenvalue weighted by atomic mass is 31.2. The fourth-order valence-electron chi connectivity index (χ4n) is 1.61. The molecule has 0 bridgehead atoms. The molecule has 0 spiro atoms. The summed E-state index contributed by atoms with van der Waals surface area (Å²) in [7, 11) is -10.3. The number of morpholine rings is 1. The first kappa shape index (κ1) is 19.2. The molecule has 3 atom stereocenters. The predicted molar refractivity (Wildman–Crippen MR) is 71.7 cm³/mol. The van der Waals surface area contributed by atoms with E-state index in [1.165, 1.54) is 0 Å². The lowest BCUT2D eigenvalue weighted by molar-refractivity contribution is 0.00158. The molecule has 126 valence electrons. The first-order valence-electron chi connectivity index (χ1n) is 6.21. The van der Waals surface area contributed by atoms with Crippen molar-refractivity contribution in [2.24, 2.45) is 0 Å².